The molecule has 1 saturated heterocycles. The van der Waals surface area contributed by atoms with Gasteiger partial charge < -0.3 is 10.2 Å². The first kappa shape index (κ1) is 16.5. The van der Waals surface area contributed by atoms with E-state index in [4.69, 9.17) is 0 Å². The molecule has 2 rings (SSSR count). The van der Waals surface area contributed by atoms with E-state index < -0.39 is 0 Å². The number of nitrogens with one attached hydrogen (secondary N) is 1. The maximum Gasteiger partial charge on any atom is 0.224 e. The lowest BCUT2D eigenvalue weighted by Gasteiger charge is -2.30. The van der Waals surface area contributed by atoms with Gasteiger partial charge in [0.1, 0.15) is 5.82 Å². The lowest BCUT2D eigenvalue weighted by molar-refractivity contribution is -0.139. The molecule has 0 radical (unpaired) electrons. The van der Waals surface area contributed by atoms with E-state index in [0.29, 0.717) is 13.0 Å². The molecule has 120 valence electrons. The van der Waals surface area contributed by atoms with Gasteiger partial charge in [0.15, 0.2) is 0 Å². The Hall–Kier alpha value is -1.91. The Morgan fingerprint density at radius 1 is 1.32 bits per heavy atom. The van der Waals surface area contributed by atoms with E-state index in [9.17, 15) is 14.0 Å². The summed E-state index contributed by atoms with van der Waals surface area (Å²) >= 11 is 0. The Morgan fingerprint density at radius 3 is 2.50 bits per heavy atom. The third-order valence-corrected chi connectivity index (χ3v) is 4.22. The summed E-state index contributed by atoms with van der Waals surface area (Å²) in [4.78, 5) is 25.8. The van der Waals surface area contributed by atoms with Gasteiger partial charge in [-0.2, -0.15) is 0 Å². The van der Waals surface area contributed by atoms with Gasteiger partial charge in [-0.25, -0.2) is 4.39 Å². The number of hydrogen-bond acceptors (Lipinski definition) is 2. The van der Waals surface area contributed by atoms with Crippen LogP contribution in [0.1, 0.15) is 38.3 Å². The molecule has 5 heteroatoms. The number of rotatable bonds is 4. The molecule has 0 bridgehead atoms. The van der Waals surface area contributed by atoms with Crippen molar-refractivity contribution in [2.75, 3.05) is 13.6 Å². The maximum atomic E-state index is 13.1. The lowest BCUT2D eigenvalue weighted by Crippen LogP contribution is -2.43. The first-order chi connectivity index (χ1) is 10.4. The van der Waals surface area contributed by atoms with Crippen molar-refractivity contribution in [2.24, 2.45) is 11.8 Å². The molecule has 1 fully saturated rings. The van der Waals surface area contributed by atoms with Gasteiger partial charge in [0, 0.05) is 25.9 Å². The Bertz CT molecular complexity index is 542. The summed E-state index contributed by atoms with van der Waals surface area (Å²) in [5.74, 6) is -0.473. The largest absolute Gasteiger partial charge is 0.349 e. The van der Waals surface area contributed by atoms with Crippen molar-refractivity contribution in [3.63, 3.8) is 0 Å². The van der Waals surface area contributed by atoms with Gasteiger partial charge in [-0.05, 0) is 30.0 Å². The molecule has 0 aliphatic carbocycles. The zero-order valence-corrected chi connectivity index (χ0v) is 13.3. The van der Waals surface area contributed by atoms with Crippen LogP contribution < -0.4 is 5.32 Å². The molecular weight excluding hydrogens is 283 g/mol. The zero-order chi connectivity index (χ0) is 16.3. The van der Waals surface area contributed by atoms with E-state index in [2.05, 4.69) is 5.32 Å². The SMILES string of the molecule is CC(C)[C@H](NC(=O)[C@@H]1CCN(C)C(=O)C1)c1ccc(F)cc1. The molecule has 1 aromatic carbocycles. The molecule has 2 atom stereocenters. The second-order valence-corrected chi connectivity index (χ2v) is 6.29. The number of halogens is 1. The van der Waals surface area contributed by atoms with E-state index in [1.807, 2.05) is 13.8 Å². The van der Waals surface area contributed by atoms with Crippen LogP contribution in [0.4, 0.5) is 4.39 Å². The summed E-state index contributed by atoms with van der Waals surface area (Å²) in [7, 11) is 1.76. The maximum absolute atomic E-state index is 13.1. The molecule has 0 saturated carbocycles. The van der Waals surface area contributed by atoms with Crippen LogP contribution in [0.3, 0.4) is 0 Å². The lowest BCUT2D eigenvalue weighted by atomic mass is 9.92. The molecule has 1 aromatic rings. The quantitative estimate of drug-likeness (QED) is 0.929. The van der Waals surface area contributed by atoms with E-state index in [-0.39, 0.29) is 41.9 Å². The summed E-state index contributed by atoms with van der Waals surface area (Å²) in [5.41, 5.74) is 0.879. The molecule has 1 aliphatic heterocycles. The fraction of sp³-hybridized carbons (Fsp3) is 0.529. The highest BCUT2D eigenvalue weighted by atomic mass is 19.1. The summed E-state index contributed by atoms with van der Waals surface area (Å²) in [5, 5.41) is 3.03. The van der Waals surface area contributed by atoms with E-state index in [0.717, 1.165) is 5.56 Å². The molecular formula is C17H23FN2O2. The highest BCUT2D eigenvalue weighted by Crippen LogP contribution is 2.24. The van der Waals surface area contributed by atoms with Crippen LogP contribution in [0.25, 0.3) is 0 Å². The highest BCUT2D eigenvalue weighted by Gasteiger charge is 2.30. The van der Waals surface area contributed by atoms with Crippen LogP contribution in [-0.2, 0) is 9.59 Å². The van der Waals surface area contributed by atoms with Gasteiger partial charge in [-0.15, -0.1) is 0 Å². The molecule has 2 amide bonds. The molecule has 0 aromatic heterocycles. The standard InChI is InChI=1S/C17H23FN2O2/c1-11(2)16(12-4-6-14(18)7-5-12)19-17(22)13-8-9-20(3)15(21)10-13/h4-7,11,13,16H,8-10H2,1-3H3,(H,19,22)/t13-,16+/m1/s1. The summed E-state index contributed by atoms with van der Waals surface area (Å²) < 4.78 is 13.1. The minimum absolute atomic E-state index is 0.00859. The number of piperidine rings is 1. The Morgan fingerprint density at radius 2 is 1.95 bits per heavy atom. The zero-order valence-electron chi connectivity index (χ0n) is 13.3. The number of likely N-dealkylation sites (tertiary alicyclic amines) is 1. The average Bonchev–Trinajstić information content (AvgIpc) is 2.48. The van der Waals surface area contributed by atoms with E-state index in [1.165, 1.54) is 12.1 Å². The smallest absolute Gasteiger partial charge is 0.224 e. The minimum atomic E-state index is -0.293. The average molecular weight is 306 g/mol. The predicted octanol–water partition coefficient (Wildman–Crippen LogP) is 2.51. The second-order valence-electron chi connectivity index (χ2n) is 6.29. The van der Waals surface area contributed by atoms with Crippen molar-refractivity contribution in [1.82, 2.24) is 10.2 Å². The van der Waals surface area contributed by atoms with Gasteiger partial charge in [0.05, 0.1) is 6.04 Å². The van der Waals surface area contributed by atoms with Crippen molar-refractivity contribution in [1.29, 1.82) is 0 Å². The normalized spacial score (nSPS) is 20.1. The molecule has 0 unspecified atom stereocenters. The van der Waals surface area contributed by atoms with Gasteiger partial charge in [-0.3, -0.25) is 9.59 Å². The monoisotopic (exact) mass is 306 g/mol. The third-order valence-electron chi connectivity index (χ3n) is 4.22. The van der Waals surface area contributed by atoms with E-state index >= 15 is 0 Å². The minimum Gasteiger partial charge on any atom is -0.349 e. The van der Waals surface area contributed by atoms with Crippen LogP contribution >= 0.6 is 0 Å². The van der Waals surface area contributed by atoms with Crippen molar-refractivity contribution in [3.8, 4) is 0 Å². The summed E-state index contributed by atoms with van der Waals surface area (Å²) in [6, 6.07) is 6.01. The van der Waals surface area contributed by atoms with Crippen LogP contribution in [0.2, 0.25) is 0 Å². The van der Waals surface area contributed by atoms with Crippen molar-refractivity contribution in [2.45, 2.75) is 32.7 Å². The summed E-state index contributed by atoms with van der Waals surface area (Å²) in [6.07, 6.45) is 0.943. The van der Waals surface area contributed by atoms with Crippen LogP contribution in [-0.4, -0.2) is 30.3 Å². The van der Waals surface area contributed by atoms with Crippen LogP contribution in [0.15, 0.2) is 24.3 Å². The van der Waals surface area contributed by atoms with Gasteiger partial charge >= 0.3 is 0 Å². The highest BCUT2D eigenvalue weighted by molar-refractivity contribution is 5.87. The van der Waals surface area contributed by atoms with Gasteiger partial charge in [0.25, 0.3) is 0 Å². The molecule has 1 N–H and O–H groups in total. The number of carbonyl (C=O) groups excluding carboxylic acids is 2. The first-order valence-electron chi connectivity index (χ1n) is 7.68. The van der Waals surface area contributed by atoms with Gasteiger partial charge in [-0.1, -0.05) is 26.0 Å². The number of hydrogen-bond donors (Lipinski definition) is 1. The Balaban J connectivity index is 2.06. The van der Waals surface area contributed by atoms with Crippen molar-refractivity contribution in [3.05, 3.63) is 35.6 Å². The van der Waals surface area contributed by atoms with Crippen molar-refractivity contribution < 1.29 is 14.0 Å². The third kappa shape index (κ3) is 3.84. The van der Waals surface area contributed by atoms with Gasteiger partial charge in [0.2, 0.25) is 11.8 Å². The Labute approximate surface area is 130 Å². The Kier molecular flexibility index (Phi) is 5.16. The second kappa shape index (κ2) is 6.90. The molecule has 0 spiro atoms. The molecule has 4 nitrogen and oxygen atoms in total. The number of nitrogens with zero attached hydrogens (tertiary/aromatic N) is 1. The molecule has 22 heavy (non-hydrogen) atoms. The van der Waals surface area contributed by atoms with E-state index in [1.54, 1.807) is 24.1 Å². The molecule has 1 heterocycles. The number of amides is 2. The summed E-state index contributed by atoms with van der Waals surface area (Å²) in [6.45, 7) is 4.63. The molecule has 1 aliphatic rings. The fourth-order valence-electron chi connectivity index (χ4n) is 2.74. The number of benzene rings is 1. The first-order valence-corrected chi connectivity index (χ1v) is 7.68. The fourth-order valence-corrected chi connectivity index (χ4v) is 2.74. The number of carbonyl (C=O) groups is 2. The van der Waals surface area contributed by atoms with Crippen molar-refractivity contribution >= 4 is 11.8 Å². The van der Waals surface area contributed by atoms with Crippen LogP contribution in [0, 0.1) is 17.7 Å². The predicted molar refractivity (Wildman–Crippen MR) is 82.5 cm³/mol. The topological polar surface area (TPSA) is 49.4 Å². The van der Waals surface area contributed by atoms with Crippen LogP contribution in [0.5, 0.6) is 0 Å².